The molecule has 0 aliphatic carbocycles. The molecule has 2 aliphatic rings. The summed E-state index contributed by atoms with van der Waals surface area (Å²) in [6.07, 6.45) is 4.35. The number of aldehydes is 1. The van der Waals surface area contributed by atoms with Gasteiger partial charge in [0.15, 0.2) is 6.29 Å². The summed E-state index contributed by atoms with van der Waals surface area (Å²) in [5.74, 6) is -3.89. The van der Waals surface area contributed by atoms with E-state index in [-0.39, 0.29) is 6.42 Å². The number of carbonyl (C=O) groups is 7. The van der Waals surface area contributed by atoms with Gasteiger partial charge in [-0.05, 0) is 103 Å². The van der Waals surface area contributed by atoms with Crippen LogP contribution in [0, 0.1) is 5.92 Å². The number of nitrogens with zero attached hydrogens (tertiary/aromatic N) is 4. The molecular weight excluding hydrogens is 1060 g/mol. The van der Waals surface area contributed by atoms with Crippen LogP contribution in [0.25, 0.3) is 66.3 Å². The standard InChI is InChI=1S/C33H26ClN3O3.C20H15N.C7H5ClO.C6H8N2O3/c1-36-31(38)30(32(39)37(2)33(36)40)29(24-14-8-9-15-27(24)34)26-19-35-28-17-16-21(18-25(26)28)23-13-7-6-12-22(23)20-10-4-3-5-11-20;1-2-6-15(7-3-1)18-8-4-5-9-19(18)16-10-11-20-17(14-16)12-13-21-20;8-7-4-2-1-3-6(7)5-9;1-7-4(9)3-5(10)8(2)6(7)11/h3-19,29-30,35H,1-2H3;1-14,21H;1-5H;3H2,1-2H3. The van der Waals surface area contributed by atoms with Gasteiger partial charge in [0.2, 0.25) is 23.6 Å². The number of rotatable bonds is 8. The van der Waals surface area contributed by atoms with E-state index < -0.39 is 47.5 Å². The molecule has 4 heterocycles. The largest absolute Gasteiger partial charge is 0.361 e. The third-order valence-electron chi connectivity index (χ3n) is 14.2. The van der Waals surface area contributed by atoms with Crippen molar-refractivity contribution >= 4 is 87.0 Å². The van der Waals surface area contributed by atoms with Gasteiger partial charge in [-0.1, -0.05) is 181 Å². The van der Waals surface area contributed by atoms with Crippen LogP contribution in [0.15, 0.2) is 213 Å². The highest BCUT2D eigenvalue weighted by atomic mass is 35.5. The van der Waals surface area contributed by atoms with Gasteiger partial charge in [0.05, 0.1) is 5.02 Å². The molecule has 2 aliphatic heterocycles. The highest BCUT2D eigenvalue weighted by Gasteiger charge is 2.48. The first-order valence-electron chi connectivity index (χ1n) is 25.7. The Balaban J connectivity index is 0.000000158. The normalized spacial score (nSPS) is 14.0. The lowest BCUT2D eigenvalue weighted by molar-refractivity contribution is -0.148. The van der Waals surface area contributed by atoms with Crippen LogP contribution < -0.4 is 0 Å². The second-order valence-corrected chi connectivity index (χ2v) is 20.0. The summed E-state index contributed by atoms with van der Waals surface area (Å²) < 4.78 is 0. The van der Waals surface area contributed by atoms with Gasteiger partial charge in [0.25, 0.3) is 0 Å². The zero-order valence-corrected chi connectivity index (χ0v) is 46.1. The highest BCUT2D eigenvalue weighted by Crippen LogP contribution is 2.44. The van der Waals surface area contributed by atoms with Crippen LogP contribution in [-0.4, -0.2) is 99.7 Å². The number of barbiturate groups is 2. The number of nitrogens with one attached hydrogen (secondary N) is 2. The fraction of sp³-hybridized carbons (Fsp3) is 0.106. The van der Waals surface area contributed by atoms with E-state index in [4.69, 9.17) is 23.2 Å². The van der Waals surface area contributed by atoms with Gasteiger partial charge < -0.3 is 9.97 Å². The van der Waals surface area contributed by atoms with Crippen LogP contribution in [-0.2, 0) is 19.2 Å². The summed E-state index contributed by atoms with van der Waals surface area (Å²) in [5, 5.41) is 3.06. The fourth-order valence-electron chi connectivity index (χ4n) is 9.85. The monoisotopic (exact) mass is 1110 g/mol. The van der Waals surface area contributed by atoms with Gasteiger partial charge in [-0.15, -0.1) is 0 Å². The molecule has 2 saturated heterocycles. The predicted octanol–water partition coefficient (Wildman–Crippen LogP) is 14.0. The number of fused-ring (bicyclic) bond motifs is 2. The lowest BCUT2D eigenvalue weighted by Gasteiger charge is -2.37. The quantitative estimate of drug-likeness (QED) is 0.113. The van der Waals surface area contributed by atoms with Crippen molar-refractivity contribution in [3.05, 3.63) is 239 Å². The number of aromatic nitrogens is 2. The second-order valence-electron chi connectivity index (χ2n) is 19.2. The summed E-state index contributed by atoms with van der Waals surface area (Å²) in [5.41, 5.74) is 13.3. The Hall–Kier alpha value is -9.69. The minimum atomic E-state index is -1.16. The van der Waals surface area contributed by atoms with Crippen molar-refractivity contribution in [3.8, 4) is 44.5 Å². The van der Waals surface area contributed by atoms with Crippen LogP contribution >= 0.6 is 23.2 Å². The molecule has 8 amide bonds. The van der Waals surface area contributed by atoms with Crippen LogP contribution in [0.3, 0.4) is 0 Å². The lowest BCUT2D eigenvalue weighted by Crippen LogP contribution is -2.58. The number of urea groups is 2. The molecule has 13 nitrogen and oxygen atoms in total. The molecule has 404 valence electrons. The zero-order chi connectivity index (χ0) is 57.3. The first-order chi connectivity index (χ1) is 39.2. The molecule has 81 heavy (non-hydrogen) atoms. The van der Waals surface area contributed by atoms with E-state index in [0.717, 1.165) is 64.6 Å². The smallest absolute Gasteiger partial charge is 0.332 e. The molecule has 0 bridgehead atoms. The van der Waals surface area contributed by atoms with E-state index in [0.29, 0.717) is 21.2 Å². The molecule has 0 spiro atoms. The number of aromatic amines is 2. The Morgan fingerprint density at radius 2 is 0.914 bits per heavy atom. The molecule has 2 fully saturated rings. The number of carbonyl (C=O) groups excluding carboxylic acids is 7. The molecule has 12 rings (SSSR count). The fourth-order valence-corrected chi connectivity index (χ4v) is 10.3. The summed E-state index contributed by atoms with van der Waals surface area (Å²) in [6, 6.07) is 65.3. The Kier molecular flexibility index (Phi) is 17.3. The number of H-pyrrole nitrogens is 2. The number of halogens is 2. The van der Waals surface area contributed by atoms with Crippen molar-refractivity contribution in [2.24, 2.45) is 5.92 Å². The first-order valence-corrected chi connectivity index (χ1v) is 26.5. The SMILES string of the molecule is CN1C(=O)C(C(c2ccccc2Cl)c2c[nH]c3ccc(-c4ccccc4-c4ccccc4)cc23)C(=O)N(C)C1=O.CN1C(=O)CC(=O)N(C)C1=O.O=Cc1ccccc1Cl.c1ccc(-c2ccccc2-c2ccc3[nH]ccc3c2)cc1. The van der Waals surface area contributed by atoms with Crippen molar-refractivity contribution in [2.75, 3.05) is 28.2 Å². The third-order valence-corrected chi connectivity index (χ3v) is 14.9. The summed E-state index contributed by atoms with van der Waals surface area (Å²) >= 11 is 12.3. The van der Waals surface area contributed by atoms with Crippen LogP contribution in [0.4, 0.5) is 9.59 Å². The van der Waals surface area contributed by atoms with Gasteiger partial charge in [0, 0.05) is 73.5 Å². The van der Waals surface area contributed by atoms with Crippen molar-refractivity contribution < 1.29 is 33.6 Å². The van der Waals surface area contributed by atoms with Crippen LogP contribution in [0.5, 0.6) is 0 Å². The molecule has 8 aromatic carbocycles. The van der Waals surface area contributed by atoms with E-state index in [1.165, 1.54) is 61.3 Å². The maximum Gasteiger partial charge on any atom is 0.332 e. The molecule has 2 N–H and O–H groups in total. The maximum absolute atomic E-state index is 13.5. The maximum atomic E-state index is 13.5. The summed E-state index contributed by atoms with van der Waals surface area (Å²) in [7, 11) is 5.51. The molecule has 2 aromatic heterocycles. The van der Waals surface area contributed by atoms with Crippen LogP contribution in [0.2, 0.25) is 10.0 Å². The van der Waals surface area contributed by atoms with Gasteiger partial charge in [-0.25, -0.2) is 9.59 Å². The summed E-state index contributed by atoms with van der Waals surface area (Å²) in [4.78, 5) is 92.8. The Morgan fingerprint density at radius 3 is 1.43 bits per heavy atom. The average molecular weight is 1110 g/mol. The number of benzene rings is 8. The number of amides is 8. The van der Waals surface area contributed by atoms with E-state index in [1.807, 2.05) is 67.0 Å². The van der Waals surface area contributed by atoms with Gasteiger partial charge >= 0.3 is 12.1 Å². The van der Waals surface area contributed by atoms with Crippen molar-refractivity contribution in [1.82, 2.24) is 29.6 Å². The first kappa shape index (κ1) is 56.0. The Labute approximate surface area is 478 Å². The minimum absolute atomic E-state index is 0.210. The molecule has 10 aromatic rings. The summed E-state index contributed by atoms with van der Waals surface area (Å²) in [6.45, 7) is 0. The predicted molar refractivity (Wildman–Crippen MR) is 318 cm³/mol. The molecule has 0 radical (unpaired) electrons. The van der Waals surface area contributed by atoms with E-state index in [9.17, 15) is 33.6 Å². The topological polar surface area (TPSA) is 164 Å². The van der Waals surface area contributed by atoms with Crippen molar-refractivity contribution in [1.29, 1.82) is 0 Å². The number of hydrogen-bond acceptors (Lipinski definition) is 7. The van der Waals surface area contributed by atoms with Gasteiger partial charge in [-0.3, -0.25) is 43.6 Å². The van der Waals surface area contributed by atoms with E-state index in [1.54, 1.807) is 30.3 Å². The Bertz CT molecular complexity index is 3940. The molecule has 1 atom stereocenters. The van der Waals surface area contributed by atoms with E-state index >= 15 is 0 Å². The van der Waals surface area contributed by atoms with Crippen molar-refractivity contribution in [2.45, 2.75) is 12.3 Å². The third kappa shape index (κ3) is 12.0. The average Bonchev–Trinajstić information content (AvgIpc) is 4.35. The van der Waals surface area contributed by atoms with Gasteiger partial charge in [-0.2, -0.15) is 0 Å². The van der Waals surface area contributed by atoms with Gasteiger partial charge in [0.1, 0.15) is 12.3 Å². The molecule has 0 saturated carbocycles. The highest BCUT2D eigenvalue weighted by molar-refractivity contribution is 6.33. The van der Waals surface area contributed by atoms with E-state index in [2.05, 4.69) is 125 Å². The zero-order valence-electron chi connectivity index (χ0n) is 44.5. The van der Waals surface area contributed by atoms with Crippen molar-refractivity contribution in [3.63, 3.8) is 0 Å². The molecule has 15 heteroatoms. The Morgan fingerprint density at radius 1 is 0.457 bits per heavy atom. The molecular formula is C66H54Cl2N6O7. The lowest BCUT2D eigenvalue weighted by atomic mass is 9.78. The second kappa shape index (κ2) is 25.0. The number of imide groups is 4. The molecule has 1 unspecified atom stereocenters. The minimum Gasteiger partial charge on any atom is -0.361 e. The van der Waals surface area contributed by atoms with Crippen LogP contribution in [0.1, 0.15) is 33.8 Å². The number of hydrogen-bond donors (Lipinski definition) is 2.